The van der Waals surface area contributed by atoms with Crippen molar-refractivity contribution in [3.05, 3.63) is 76.2 Å². The van der Waals surface area contributed by atoms with Crippen LogP contribution in [0.4, 0.5) is 0 Å². The summed E-state index contributed by atoms with van der Waals surface area (Å²) in [5, 5.41) is 14.0. The summed E-state index contributed by atoms with van der Waals surface area (Å²) in [6, 6.07) is 15.5. The SMILES string of the molecule is O=C(O[C@H](C(=O)N1CCCC1)c1ccccc1)c1nn(CCO)c(=O)c2ccccc12. The molecule has 2 heterocycles. The molecule has 31 heavy (non-hydrogen) atoms. The van der Waals surface area contributed by atoms with Crippen molar-refractivity contribution in [3.8, 4) is 0 Å². The van der Waals surface area contributed by atoms with Crippen LogP contribution in [0.3, 0.4) is 0 Å². The van der Waals surface area contributed by atoms with Gasteiger partial charge in [0.1, 0.15) is 0 Å². The number of carbonyl (C=O) groups is 2. The molecule has 8 nitrogen and oxygen atoms in total. The van der Waals surface area contributed by atoms with Gasteiger partial charge in [-0.3, -0.25) is 9.59 Å². The summed E-state index contributed by atoms with van der Waals surface area (Å²) in [4.78, 5) is 40.6. The average molecular weight is 421 g/mol. The third-order valence-electron chi connectivity index (χ3n) is 5.34. The number of hydrogen-bond donors (Lipinski definition) is 1. The first-order valence-corrected chi connectivity index (χ1v) is 10.3. The molecule has 0 unspecified atom stereocenters. The van der Waals surface area contributed by atoms with Crippen molar-refractivity contribution in [2.45, 2.75) is 25.5 Å². The van der Waals surface area contributed by atoms with Crippen LogP contribution in [0.2, 0.25) is 0 Å². The van der Waals surface area contributed by atoms with E-state index in [1.165, 1.54) is 0 Å². The van der Waals surface area contributed by atoms with Crippen LogP contribution in [0.1, 0.15) is 35.0 Å². The van der Waals surface area contributed by atoms with E-state index in [0.29, 0.717) is 29.4 Å². The number of benzene rings is 2. The third-order valence-corrected chi connectivity index (χ3v) is 5.34. The van der Waals surface area contributed by atoms with E-state index < -0.39 is 17.6 Å². The molecule has 0 aliphatic carbocycles. The molecular weight excluding hydrogens is 398 g/mol. The molecular formula is C23H23N3O5. The first kappa shape index (κ1) is 20.7. The minimum atomic E-state index is -1.11. The lowest BCUT2D eigenvalue weighted by molar-refractivity contribution is -0.140. The normalized spacial score (nSPS) is 14.5. The Balaban J connectivity index is 1.73. The third kappa shape index (κ3) is 4.20. The van der Waals surface area contributed by atoms with Gasteiger partial charge in [0.25, 0.3) is 11.5 Å². The van der Waals surface area contributed by atoms with Crippen LogP contribution < -0.4 is 5.56 Å². The topological polar surface area (TPSA) is 102 Å². The first-order chi connectivity index (χ1) is 15.1. The Morgan fingerprint density at radius 2 is 1.65 bits per heavy atom. The molecule has 3 aromatic rings. The van der Waals surface area contributed by atoms with Gasteiger partial charge in [-0.2, -0.15) is 5.10 Å². The molecule has 2 aromatic carbocycles. The van der Waals surface area contributed by atoms with Gasteiger partial charge in [0.2, 0.25) is 6.10 Å². The summed E-state index contributed by atoms with van der Waals surface area (Å²) in [5.41, 5.74) is 0.0912. The van der Waals surface area contributed by atoms with Crippen molar-refractivity contribution < 1.29 is 19.4 Å². The van der Waals surface area contributed by atoms with Gasteiger partial charge in [0.15, 0.2) is 5.69 Å². The number of aliphatic hydroxyl groups excluding tert-OH is 1. The van der Waals surface area contributed by atoms with Crippen molar-refractivity contribution >= 4 is 22.6 Å². The molecule has 1 aliphatic heterocycles. The number of esters is 1. The predicted octanol–water partition coefficient (Wildman–Crippen LogP) is 1.91. The van der Waals surface area contributed by atoms with E-state index in [2.05, 4.69) is 5.10 Å². The lowest BCUT2D eigenvalue weighted by Crippen LogP contribution is -2.35. The Morgan fingerprint density at radius 1 is 1.00 bits per heavy atom. The minimum Gasteiger partial charge on any atom is -0.442 e. The van der Waals surface area contributed by atoms with Gasteiger partial charge in [-0.15, -0.1) is 0 Å². The summed E-state index contributed by atoms with van der Waals surface area (Å²) in [5.74, 6) is -1.07. The predicted molar refractivity (Wildman–Crippen MR) is 114 cm³/mol. The highest BCUT2D eigenvalue weighted by Crippen LogP contribution is 2.25. The number of fused-ring (bicyclic) bond motifs is 1. The minimum absolute atomic E-state index is 0.0568. The van der Waals surface area contributed by atoms with E-state index in [0.717, 1.165) is 17.5 Å². The van der Waals surface area contributed by atoms with E-state index >= 15 is 0 Å². The van der Waals surface area contributed by atoms with Gasteiger partial charge in [-0.1, -0.05) is 48.5 Å². The maximum absolute atomic E-state index is 13.2. The molecule has 8 heteroatoms. The lowest BCUT2D eigenvalue weighted by Gasteiger charge is -2.23. The van der Waals surface area contributed by atoms with E-state index in [-0.39, 0.29) is 24.8 Å². The Kier molecular flexibility index (Phi) is 6.08. The van der Waals surface area contributed by atoms with E-state index in [1.54, 1.807) is 53.4 Å². The maximum atomic E-state index is 13.2. The number of amides is 1. The number of aromatic nitrogens is 2. The zero-order valence-electron chi connectivity index (χ0n) is 16.9. The van der Waals surface area contributed by atoms with Gasteiger partial charge >= 0.3 is 5.97 Å². The van der Waals surface area contributed by atoms with Gasteiger partial charge in [0.05, 0.1) is 18.5 Å². The van der Waals surface area contributed by atoms with Crippen molar-refractivity contribution in [2.24, 2.45) is 0 Å². The summed E-state index contributed by atoms with van der Waals surface area (Å²) < 4.78 is 6.75. The summed E-state index contributed by atoms with van der Waals surface area (Å²) in [6.07, 6.45) is 0.726. The summed E-state index contributed by atoms with van der Waals surface area (Å²) in [7, 11) is 0. The number of rotatable bonds is 6. The zero-order chi connectivity index (χ0) is 21.8. The van der Waals surface area contributed by atoms with Crippen LogP contribution >= 0.6 is 0 Å². The number of nitrogens with zero attached hydrogens (tertiary/aromatic N) is 3. The van der Waals surface area contributed by atoms with Crippen LogP contribution in [0, 0.1) is 0 Å². The smallest absolute Gasteiger partial charge is 0.360 e. The Morgan fingerprint density at radius 3 is 2.32 bits per heavy atom. The Labute approximate surface area is 178 Å². The average Bonchev–Trinajstić information content (AvgIpc) is 3.34. The fourth-order valence-corrected chi connectivity index (χ4v) is 3.79. The highest BCUT2D eigenvalue weighted by Gasteiger charge is 2.32. The molecule has 0 radical (unpaired) electrons. The van der Waals surface area contributed by atoms with Crippen LogP contribution in [-0.2, 0) is 16.1 Å². The zero-order valence-corrected chi connectivity index (χ0v) is 16.9. The molecule has 1 aromatic heterocycles. The molecule has 1 aliphatic rings. The van der Waals surface area contributed by atoms with Crippen LogP contribution in [0.25, 0.3) is 10.8 Å². The molecule has 1 amide bonds. The maximum Gasteiger partial charge on any atom is 0.360 e. The molecule has 4 rings (SSSR count). The number of hydrogen-bond acceptors (Lipinski definition) is 6. The molecule has 1 N–H and O–H groups in total. The van der Waals surface area contributed by atoms with E-state index in [4.69, 9.17) is 4.74 Å². The Hall–Kier alpha value is -3.52. The van der Waals surface area contributed by atoms with Gasteiger partial charge in [-0.05, 0) is 18.9 Å². The van der Waals surface area contributed by atoms with Crippen LogP contribution in [0.5, 0.6) is 0 Å². The standard InChI is InChI=1S/C23H23N3O5/c27-15-14-26-21(28)18-11-5-4-10-17(18)19(24-26)23(30)31-20(16-8-2-1-3-9-16)22(29)25-12-6-7-13-25/h1-5,8-11,20,27H,6-7,12-15H2/t20-/m0/s1. The van der Waals surface area contributed by atoms with Crippen molar-refractivity contribution in [1.29, 1.82) is 0 Å². The second-order valence-electron chi connectivity index (χ2n) is 7.37. The Bertz CT molecular complexity index is 1150. The van der Waals surface area contributed by atoms with Gasteiger partial charge in [0, 0.05) is 24.0 Å². The first-order valence-electron chi connectivity index (χ1n) is 10.3. The highest BCUT2D eigenvalue weighted by molar-refractivity contribution is 6.03. The second-order valence-corrected chi connectivity index (χ2v) is 7.37. The molecule has 0 spiro atoms. The quantitative estimate of drug-likeness (QED) is 0.610. The molecule has 0 bridgehead atoms. The molecule has 1 saturated heterocycles. The highest BCUT2D eigenvalue weighted by atomic mass is 16.5. The van der Waals surface area contributed by atoms with Crippen molar-refractivity contribution in [2.75, 3.05) is 19.7 Å². The summed E-state index contributed by atoms with van der Waals surface area (Å²) in [6.45, 7) is 0.892. The fraction of sp³-hybridized carbons (Fsp3) is 0.304. The molecule has 0 saturated carbocycles. The van der Waals surface area contributed by atoms with E-state index in [9.17, 15) is 19.5 Å². The van der Waals surface area contributed by atoms with Crippen LogP contribution in [-0.4, -0.2) is 51.4 Å². The fourth-order valence-electron chi connectivity index (χ4n) is 3.79. The van der Waals surface area contributed by atoms with Crippen LogP contribution in [0.15, 0.2) is 59.4 Å². The van der Waals surface area contributed by atoms with Crippen molar-refractivity contribution in [3.63, 3.8) is 0 Å². The number of aliphatic hydroxyl groups is 1. The summed E-state index contributed by atoms with van der Waals surface area (Å²) >= 11 is 0. The van der Waals surface area contributed by atoms with Gasteiger partial charge in [-0.25, -0.2) is 9.48 Å². The number of carbonyl (C=O) groups excluding carboxylic acids is 2. The van der Waals surface area contributed by atoms with Gasteiger partial charge < -0.3 is 14.7 Å². The number of ether oxygens (including phenoxy) is 1. The van der Waals surface area contributed by atoms with Crippen molar-refractivity contribution in [1.82, 2.24) is 14.7 Å². The number of likely N-dealkylation sites (tertiary alicyclic amines) is 1. The second kappa shape index (κ2) is 9.09. The molecule has 1 fully saturated rings. The largest absolute Gasteiger partial charge is 0.442 e. The lowest BCUT2D eigenvalue weighted by atomic mass is 10.1. The molecule has 160 valence electrons. The monoisotopic (exact) mass is 421 g/mol. The van der Waals surface area contributed by atoms with E-state index in [1.807, 2.05) is 6.07 Å². The molecule has 1 atom stereocenters.